The molecule has 0 saturated carbocycles. The van der Waals surface area contributed by atoms with E-state index in [2.05, 4.69) is 13.8 Å². The number of carbonyl (C=O) groups is 1. The molecule has 3 nitrogen and oxygen atoms in total. The number of rotatable bonds is 1. The van der Waals surface area contributed by atoms with Gasteiger partial charge in [0.05, 0.1) is 0 Å². The molecular formula is C11H22N2O. The molecule has 0 unspecified atom stereocenters. The maximum absolute atomic E-state index is 11.0. The maximum atomic E-state index is 11.0. The Bertz CT molecular complexity index is 217. The predicted octanol–water partition coefficient (Wildman–Crippen LogP) is 1.23. The summed E-state index contributed by atoms with van der Waals surface area (Å²) in [6.45, 7) is 7.50. The molecular weight excluding hydrogens is 176 g/mol. The Labute approximate surface area is 86.5 Å². The average molecular weight is 198 g/mol. The molecule has 0 amide bonds. The molecule has 3 heteroatoms. The molecule has 0 atom stereocenters. The van der Waals surface area contributed by atoms with Crippen molar-refractivity contribution >= 4 is 5.78 Å². The van der Waals surface area contributed by atoms with Crippen LogP contribution in [-0.4, -0.2) is 18.9 Å². The van der Waals surface area contributed by atoms with E-state index in [9.17, 15) is 4.79 Å². The van der Waals surface area contributed by atoms with Crippen LogP contribution in [0.4, 0.5) is 0 Å². The summed E-state index contributed by atoms with van der Waals surface area (Å²) in [5, 5.41) is 0. The molecule has 0 saturated heterocycles. The van der Waals surface area contributed by atoms with Gasteiger partial charge in [-0.05, 0) is 24.8 Å². The standard InChI is InChI=1S/C9H14O.C2H8N2/c1-7-4-8(10)6-9(2,3)5-7;3-1-2-4/h4H,5-6H2,1-3H3;1-4H2. The van der Waals surface area contributed by atoms with Crippen LogP contribution in [-0.2, 0) is 4.79 Å². The van der Waals surface area contributed by atoms with E-state index in [4.69, 9.17) is 11.5 Å². The average Bonchev–Trinajstić information content (AvgIpc) is 2.00. The van der Waals surface area contributed by atoms with E-state index in [1.54, 1.807) is 6.08 Å². The molecule has 0 fully saturated rings. The Morgan fingerprint density at radius 2 is 1.79 bits per heavy atom. The third-order valence-electron chi connectivity index (χ3n) is 1.98. The number of hydrogen-bond donors (Lipinski definition) is 2. The van der Waals surface area contributed by atoms with Crippen molar-refractivity contribution < 1.29 is 4.79 Å². The number of ketones is 1. The molecule has 1 aliphatic rings. The van der Waals surface area contributed by atoms with Crippen LogP contribution < -0.4 is 11.5 Å². The lowest BCUT2D eigenvalue weighted by Crippen LogP contribution is -2.20. The molecule has 82 valence electrons. The highest BCUT2D eigenvalue weighted by atomic mass is 16.1. The summed E-state index contributed by atoms with van der Waals surface area (Å²) in [7, 11) is 0. The summed E-state index contributed by atoms with van der Waals surface area (Å²) in [5.41, 5.74) is 11.2. The van der Waals surface area contributed by atoms with Gasteiger partial charge in [-0.15, -0.1) is 0 Å². The van der Waals surface area contributed by atoms with Crippen LogP contribution in [0, 0.1) is 5.41 Å². The lowest BCUT2D eigenvalue weighted by molar-refractivity contribution is -0.117. The van der Waals surface area contributed by atoms with Crippen LogP contribution in [0.1, 0.15) is 33.6 Å². The fourth-order valence-corrected chi connectivity index (χ4v) is 1.67. The fourth-order valence-electron chi connectivity index (χ4n) is 1.67. The highest BCUT2D eigenvalue weighted by Crippen LogP contribution is 2.32. The summed E-state index contributed by atoms with van der Waals surface area (Å²) in [4.78, 5) is 11.0. The molecule has 0 aromatic carbocycles. The van der Waals surface area contributed by atoms with Crippen molar-refractivity contribution in [3.63, 3.8) is 0 Å². The van der Waals surface area contributed by atoms with Crippen molar-refractivity contribution in [1.29, 1.82) is 0 Å². The van der Waals surface area contributed by atoms with Gasteiger partial charge in [-0.3, -0.25) is 4.79 Å². The molecule has 0 aromatic rings. The first kappa shape index (κ1) is 13.3. The van der Waals surface area contributed by atoms with E-state index < -0.39 is 0 Å². The van der Waals surface area contributed by atoms with E-state index in [1.165, 1.54) is 5.57 Å². The van der Waals surface area contributed by atoms with Crippen LogP contribution in [0.15, 0.2) is 11.6 Å². The molecule has 1 aliphatic carbocycles. The monoisotopic (exact) mass is 198 g/mol. The van der Waals surface area contributed by atoms with Gasteiger partial charge in [0.15, 0.2) is 5.78 Å². The predicted molar refractivity (Wildman–Crippen MR) is 59.9 cm³/mol. The Morgan fingerprint density at radius 3 is 2.07 bits per heavy atom. The third kappa shape index (κ3) is 5.89. The smallest absolute Gasteiger partial charge is 0.156 e. The summed E-state index contributed by atoms with van der Waals surface area (Å²) in [6.07, 6.45) is 3.55. The van der Waals surface area contributed by atoms with Gasteiger partial charge in [0.2, 0.25) is 0 Å². The summed E-state index contributed by atoms with van der Waals surface area (Å²) in [6, 6.07) is 0. The first-order chi connectivity index (χ1) is 6.41. The van der Waals surface area contributed by atoms with E-state index in [1.807, 2.05) is 6.92 Å². The molecule has 14 heavy (non-hydrogen) atoms. The van der Waals surface area contributed by atoms with Gasteiger partial charge < -0.3 is 11.5 Å². The second kappa shape index (κ2) is 5.94. The van der Waals surface area contributed by atoms with Crippen molar-refractivity contribution in [2.75, 3.05) is 13.1 Å². The molecule has 4 N–H and O–H groups in total. The van der Waals surface area contributed by atoms with E-state index in [-0.39, 0.29) is 11.2 Å². The SMILES string of the molecule is CC1=CC(=O)CC(C)(C)C1.NCCN. The normalized spacial score (nSPS) is 19.5. The van der Waals surface area contributed by atoms with Gasteiger partial charge in [-0.1, -0.05) is 19.4 Å². The highest BCUT2D eigenvalue weighted by molar-refractivity contribution is 5.91. The van der Waals surface area contributed by atoms with E-state index in [0.29, 0.717) is 19.5 Å². The number of hydrogen-bond acceptors (Lipinski definition) is 3. The van der Waals surface area contributed by atoms with Gasteiger partial charge in [0.25, 0.3) is 0 Å². The minimum absolute atomic E-state index is 0.204. The Balaban J connectivity index is 0.000000364. The molecule has 0 bridgehead atoms. The molecule has 0 aliphatic heterocycles. The van der Waals surface area contributed by atoms with Gasteiger partial charge >= 0.3 is 0 Å². The van der Waals surface area contributed by atoms with Crippen molar-refractivity contribution in [3.8, 4) is 0 Å². The van der Waals surface area contributed by atoms with Crippen LogP contribution in [0.2, 0.25) is 0 Å². The lowest BCUT2D eigenvalue weighted by Gasteiger charge is -2.27. The zero-order valence-corrected chi connectivity index (χ0v) is 9.47. The van der Waals surface area contributed by atoms with Crippen molar-refractivity contribution in [1.82, 2.24) is 0 Å². The molecule has 1 rings (SSSR count). The third-order valence-corrected chi connectivity index (χ3v) is 1.98. The van der Waals surface area contributed by atoms with Crippen LogP contribution in [0.25, 0.3) is 0 Å². The second-order valence-electron chi connectivity index (χ2n) is 4.55. The van der Waals surface area contributed by atoms with Gasteiger partial charge in [0.1, 0.15) is 0 Å². The van der Waals surface area contributed by atoms with Crippen molar-refractivity contribution in [2.45, 2.75) is 33.6 Å². The quantitative estimate of drug-likeness (QED) is 0.665. The number of nitrogens with two attached hydrogens (primary N) is 2. The van der Waals surface area contributed by atoms with Gasteiger partial charge in [-0.25, -0.2) is 0 Å². The lowest BCUT2D eigenvalue weighted by atomic mass is 9.77. The maximum Gasteiger partial charge on any atom is 0.156 e. The van der Waals surface area contributed by atoms with Gasteiger partial charge in [-0.2, -0.15) is 0 Å². The molecule has 0 spiro atoms. The largest absolute Gasteiger partial charge is 0.329 e. The van der Waals surface area contributed by atoms with Crippen LogP contribution in [0.5, 0.6) is 0 Å². The first-order valence-corrected chi connectivity index (χ1v) is 5.01. The minimum Gasteiger partial charge on any atom is -0.329 e. The summed E-state index contributed by atoms with van der Waals surface area (Å²) >= 11 is 0. The summed E-state index contributed by atoms with van der Waals surface area (Å²) < 4.78 is 0. The van der Waals surface area contributed by atoms with Crippen LogP contribution in [0.3, 0.4) is 0 Å². The van der Waals surface area contributed by atoms with Crippen molar-refractivity contribution in [3.05, 3.63) is 11.6 Å². The summed E-state index contributed by atoms with van der Waals surface area (Å²) in [5.74, 6) is 0.286. The zero-order valence-electron chi connectivity index (χ0n) is 9.47. The Morgan fingerprint density at radius 1 is 1.29 bits per heavy atom. The number of carbonyl (C=O) groups excluding carboxylic acids is 1. The van der Waals surface area contributed by atoms with Crippen LogP contribution >= 0.6 is 0 Å². The Kier molecular flexibility index (Phi) is 5.65. The molecule has 0 radical (unpaired) electrons. The molecule has 0 heterocycles. The second-order valence-corrected chi connectivity index (χ2v) is 4.55. The van der Waals surface area contributed by atoms with Gasteiger partial charge in [0, 0.05) is 19.5 Å². The minimum atomic E-state index is 0.204. The topological polar surface area (TPSA) is 69.1 Å². The number of allylic oxidation sites excluding steroid dienone is 2. The van der Waals surface area contributed by atoms with E-state index in [0.717, 1.165) is 6.42 Å². The Hall–Kier alpha value is -0.670. The molecule has 0 aromatic heterocycles. The zero-order chi connectivity index (χ0) is 11.2. The highest BCUT2D eigenvalue weighted by Gasteiger charge is 2.25. The van der Waals surface area contributed by atoms with E-state index >= 15 is 0 Å². The van der Waals surface area contributed by atoms with Crippen molar-refractivity contribution in [2.24, 2.45) is 16.9 Å². The first-order valence-electron chi connectivity index (χ1n) is 5.01. The fraction of sp³-hybridized carbons (Fsp3) is 0.727.